The molecule has 188 valence electrons. The van der Waals surface area contributed by atoms with Crippen molar-refractivity contribution in [1.82, 2.24) is 20.4 Å². The molecule has 0 atom stereocenters. The second-order valence-corrected chi connectivity index (χ2v) is 8.40. The van der Waals surface area contributed by atoms with Crippen LogP contribution in [0.15, 0.2) is 29.3 Å². The molecule has 9 heteroatoms. The van der Waals surface area contributed by atoms with Crippen molar-refractivity contribution in [3.05, 3.63) is 29.8 Å². The van der Waals surface area contributed by atoms with Gasteiger partial charge in [0.15, 0.2) is 5.96 Å². The van der Waals surface area contributed by atoms with E-state index in [0.717, 1.165) is 95.8 Å². The van der Waals surface area contributed by atoms with Gasteiger partial charge in [-0.3, -0.25) is 9.80 Å². The van der Waals surface area contributed by atoms with Crippen molar-refractivity contribution in [2.75, 3.05) is 79.4 Å². The Bertz CT molecular complexity index is 682. The van der Waals surface area contributed by atoms with Crippen molar-refractivity contribution >= 4 is 29.9 Å². The van der Waals surface area contributed by atoms with E-state index in [1.54, 1.807) is 0 Å². The van der Waals surface area contributed by atoms with Gasteiger partial charge in [-0.1, -0.05) is 12.1 Å². The number of guanidine groups is 1. The number of ether oxygens (including phenoxy) is 3. The zero-order valence-electron chi connectivity index (χ0n) is 20.3. The summed E-state index contributed by atoms with van der Waals surface area (Å²) < 4.78 is 16.9. The SMILES string of the molecule is CCNC(=NCc1cccc(OCCN(C)C2CCOCC2)c1)NCCN1CCOCC1.I. The van der Waals surface area contributed by atoms with Gasteiger partial charge in [0, 0.05) is 58.5 Å². The van der Waals surface area contributed by atoms with E-state index in [-0.39, 0.29) is 24.0 Å². The van der Waals surface area contributed by atoms with Gasteiger partial charge >= 0.3 is 0 Å². The second kappa shape index (κ2) is 16.5. The molecule has 2 aliphatic heterocycles. The van der Waals surface area contributed by atoms with Crippen molar-refractivity contribution < 1.29 is 14.2 Å². The van der Waals surface area contributed by atoms with E-state index in [0.29, 0.717) is 19.2 Å². The van der Waals surface area contributed by atoms with Crippen molar-refractivity contribution in [3.63, 3.8) is 0 Å². The maximum atomic E-state index is 6.03. The van der Waals surface area contributed by atoms with Gasteiger partial charge < -0.3 is 24.8 Å². The summed E-state index contributed by atoms with van der Waals surface area (Å²) in [7, 11) is 2.18. The number of nitrogens with one attached hydrogen (secondary N) is 2. The predicted octanol–water partition coefficient (Wildman–Crippen LogP) is 2.18. The molecule has 2 fully saturated rings. The molecule has 0 saturated carbocycles. The molecule has 0 spiro atoms. The highest BCUT2D eigenvalue weighted by atomic mass is 127. The van der Waals surface area contributed by atoms with E-state index in [4.69, 9.17) is 19.2 Å². The van der Waals surface area contributed by atoms with E-state index >= 15 is 0 Å². The predicted molar refractivity (Wildman–Crippen MR) is 144 cm³/mol. The first-order valence-corrected chi connectivity index (χ1v) is 12.1. The van der Waals surface area contributed by atoms with Crippen LogP contribution in [0.3, 0.4) is 0 Å². The number of likely N-dealkylation sites (N-methyl/N-ethyl adjacent to an activating group) is 1. The number of halogens is 1. The molecule has 0 radical (unpaired) electrons. The summed E-state index contributed by atoms with van der Waals surface area (Å²) in [4.78, 5) is 9.56. The molecule has 2 saturated heterocycles. The molecular weight excluding hydrogens is 533 g/mol. The number of nitrogens with zero attached hydrogens (tertiary/aromatic N) is 3. The summed E-state index contributed by atoms with van der Waals surface area (Å²) in [6, 6.07) is 8.86. The average molecular weight is 576 g/mol. The van der Waals surface area contributed by atoms with Crippen LogP contribution in [-0.4, -0.2) is 101 Å². The second-order valence-electron chi connectivity index (χ2n) is 8.40. The number of aliphatic imine (C=N–C) groups is 1. The monoisotopic (exact) mass is 575 g/mol. The number of hydrogen-bond donors (Lipinski definition) is 2. The molecular formula is C24H42IN5O3. The minimum absolute atomic E-state index is 0. The van der Waals surface area contributed by atoms with Gasteiger partial charge in [0.1, 0.15) is 12.4 Å². The molecule has 2 N–H and O–H groups in total. The fourth-order valence-corrected chi connectivity index (χ4v) is 4.02. The lowest BCUT2D eigenvalue weighted by atomic mass is 10.1. The van der Waals surface area contributed by atoms with Crippen molar-refractivity contribution in [2.45, 2.75) is 32.4 Å². The largest absolute Gasteiger partial charge is 0.492 e. The Morgan fingerprint density at radius 3 is 2.67 bits per heavy atom. The zero-order valence-corrected chi connectivity index (χ0v) is 22.6. The molecule has 0 amide bonds. The Morgan fingerprint density at radius 1 is 1.15 bits per heavy atom. The third-order valence-corrected chi connectivity index (χ3v) is 6.01. The van der Waals surface area contributed by atoms with Crippen molar-refractivity contribution in [3.8, 4) is 5.75 Å². The van der Waals surface area contributed by atoms with E-state index in [2.05, 4.69) is 46.5 Å². The minimum atomic E-state index is 0. The Balaban J connectivity index is 0.00000385. The van der Waals surface area contributed by atoms with Gasteiger partial charge in [0.2, 0.25) is 0 Å². The normalized spacial score (nSPS) is 18.1. The number of benzene rings is 1. The smallest absolute Gasteiger partial charge is 0.191 e. The summed E-state index contributed by atoms with van der Waals surface area (Å²) >= 11 is 0. The molecule has 2 heterocycles. The highest BCUT2D eigenvalue weighted by molar-refractivity contribution is 14.0. The lowest BCUT2D eigenvalue weighted by Crippen LogP contribution is -2.44. The molecule has 0 unspecified atom stereocenters. The summed E-state index contributed by atoms with van der Waals surface area (Å²) in [5, 5.41) is 6.77. The van der Waals surface area contributed by atoms with Crippen molar-refractivity contribution in [2.24, 2.45) is 4.99 Å². The number of morpholine rings is 1. The highest BCUT2D eigenvalue weighted by Gasteiger charge is 2.18. The van der Waals surface area contributed by atoms with Crippen LogP contribution >= 0.6 is 24.0 Å². The molecule has 3 rings (SSSR count). The van der Waals surface area contributed by atoms with Crippen LogP contribution in [0.4, 0.5) is 0 Å². The van der Waals surface area contributed by atoms with Crippen LogP contribution in [0, 0.1) is 0 Å². The van der Waals surface area contributed by atoms with Crippen LogP contribution in [-0.2, 0) is 16.0 Å². The first-order valence-electron chi connectivity index (χ1n) is 12.1. The van der Waals surface area contributed by atoms with Crippen LogP contribution in [0.5, 0.6) is 5.75 Å². The maximum Gasteiger partial charge on any atom is 0.191 e. The Labute approximate surface area is 216 Å². The zero-order chi connectivity index (χ0) is 22.4. The van der Waals surface area contributed by atoms with Crippen LogP contribution in [0.1, 0.15) is 25.3 Å². The van der Waals surface area contributed by atoms with Gasteiger partial charge in [0.25, 0.3) is 0 Å². The van der Waals surface area contributed by atoms with E-state index in [1.807, 2.05) is 12.1 Å². The standard InChI is InChI=1S/C24H41N5O3.HI/c1-3-25-24(26-9-10-29-12-16-31-17-13-29)27-20-21-5-4-6-23(19-21)32-18-11-28(2)22-7-14-30-15-8-22;/h4-6,19,22H,3,7-18,20H2,1-2H3,(H2,25,26,27);1H. The third-order valence-electron chi connectivity index (χ3n) is 6.01. The van der Waals surface area contributed by atoms with Crippen LogP contribution < -0.4 is 15.4 Å². The lowest BCUT2D eigenvalue weighted by molar-refractivity contribution is 0.0389. The van der Waals surface area contributed by atoms with Gasteiger partial charge in [-0.2, -0.15) is 0 Å². The summed E-state index contributed by atoms with van der Waals surface area (Å²) in [5.41, 5.74) is 1.14. The molecule has 1 aromatic rings. The molecule has 0 aliphatic carbocycles. The molecule has 0 bridgehead atoms. The Kier molecular flexibility index (Phi) is 14.0. The van der Waals surface area contributed by atoms with E-state index in [9.17, 15) is 0 Å². The first-order chi connectivity index (χ1) is 15.7. The molecule has 8 nitrogen and oxygen atoms in total. The van der Waals surface area contributed by atoms with E-state index in [1.165, 1.54) is 0 Å². The summed E-state index contributed by atoms with van der Waals surface area (Å²) in [6.07, 6.45) is 2.22. The molecule has 2 aliphatic rings. The lowest BCUT2D eigenvalue weighted by Gasteiger charge is -2.31. The van der Waals surface area contributed by atoms with Gasteiger partial charge in [-0.25, -0.2) is 4.99 Å². The summed E-state index contributed by atoms with van der Waals surface area (Å²) in [6.45, 7) is 12.4. The van der Waals surface area contributed by atoms with E-state index < -0.39 is 0 Å². The number of rotatable bonds is 11. The third kappa shape index (κ3) is 10.8. The van der Waals surface area contributed by atoms with Crippen LogP contribution in [0.25, 0.3) is 0 Å². The molecule has 33 heavy (non-hydrogen) atoms. The quantitative estimate of drug-likeness (QED) is 0.238. The van der Waals surface area contributed by atoms with Gasteiger partial charge in [-0.05, 0) is 44.5 Å². The molecule has 0 aromatic heterocycles. The maximum absolute atomic E-state index is 6.03. The summed E-state index contributed by atoms with van der Waals surface area (Å²) in [5.74, 6) is 1.76. The van der Waals surface area contributed by atoms with Crippen LogP contribution in [0.2, 0.25) is 0 Å². The average Bonchev–Trinajstić information content (AvgIpc) is 2.84. The van der Waals surface area contributed by atoms with Gasteiger partial charge in [0.05, 0.1) is 19.8 Å². The highest BCUT2D eigenvalue weighted by Crippen LogP contribution is 2.15. The fourth-order valence-electron chi connectivity index (χ4n) is 4.02. The topological polar surface area (TPSA) is 70.6 Å². The Morgan fingerprint density at radius 2 is 1.91 bits per heavy atom. The molecule has 1 aromatic carbocycles. The van der Waals surface area contributed by atoms with Gasteiger partial charge in [-0.15, -0.1) is 24.0 Å². The first kappa shape index (κ1) is 28.1. The minimum Gasteiger partial charge on any atom is -0.492 e. The van der Waals surface area contributed by atoms with Crippen molar-refractivity contribution in [1.29, 1.82) is 0 Å². The fraction of sp³-hybridized carbons (Fsp3) is 0.708. The Hall–Kier alpha value is -1.14. The number of hydrogen-bond acceptors (Lipinski definition) is 6.